The van der Waals surface area contributed by atoms with Crippen LogP contribution in [0.1, 0.15) is 37.8 Å². The monoisotopic (exact) mass is 293 g/mol. The predicted molar refractivity (Wildman–Crippen MR) is 84.2 cm³/mol. The van der Waals surface area contributed by atoms with Gasteiger partial charge in [-0.15, -0.1) is 11.8 Å². The molecule has 1 aromatic carbocycles. The summed E-state index contributed by atoms with van der Waals surface area (Å²) in [4.78, 5) is 11.0. The van der Waals surface area contributed by atoms with Crippen molar-refractivity contribution in [2.45, 2.75) is 44.5 Å². The van der Waals surface area contributed by atoms with Crippen LogP contribution in [0.3, 0.4) is 0 Å². The number of carboxylic acids is 1. The summed E-state index contributed by atoms with van der Waals surface area (Å²) in [5.41, 5.74) is 2.64. The third-order valence-electron chi connectivity index (χ3n) is 3.71. The fraction of sp³-hybridized carbons (Fsp3) is 0.562. The van der Waals surface area contributed by atoms with E-state index in [1.54, 1.807) is 11.8 Å². The minimum absolute atomic E-state index is 0.187. The zero-order valence-electron chi connectivity index (χ0n) is 12.3. The van der Waals surface area contributed by atoms with Gasteiger partial charge in [-0.1, -0.05) is 45.0 Å². The van der Waals surface area contributed by atoms with E-state index >= 15 is 0 Å². The van der Waals surface area contributed by atoms with E-state index in [9.17, 15) is 4.79 Å². The number of carbonyl (C=O) groups is 1. The number of rotatable bonds is 5. The van der Waals surface area contributed by atoms with Crippen LogP contribution in [0.2, 0.25) is 0 Å². The number of benzene rings is 1. The molecule has 110 valence electrons. The fourth-order valence-corrected chi connectivity index (χ4v) is 3.87. The Morgan fingerprint density at radius 2 is 2.00 bits per heavy atom. The molecule has 1 unspecified atom stereocenters. The molecule has 1 aromatic rings. The highest BCUT2D eigenvalue weighted by Crippen LogP contribution is 2.31. The maximum absolute atomic E-state index is 11.0. The SMILES string of the molecule is CC(C)Cc1ccc([C@@H](C)C2N[C@H](C(=O)O)CS2)cc1. The Morgan fingerprint density at radius 3 is 2.50 bits per heavy atom. The lowest BCUT2D eigenvalue weighted by Crippen LogP contribution is -2.38. The number of thioether (sulfide) groups is 1. The summed E-state index contributed by atoms with van der Waals surface area (Å²) < 4.78 is 0. The molecule has 1 fully saturated rings. The summed E-state index contributed by atoms with van der Waals surface area (Å²) in [7, 11) is 0. The van der Waals surface area contributed by atoms with E-state index in [0.717, 1.165) is 6.42 Å². The highest BCUT2D eigenvalue weighted by Gasteiger charge is 2.32. The van der Waals surface area contributed by atoms with Gasteiger partial charge in [-0.05, 0) is 23.5 Å². The smallest absolute Gasteiger partial charge is 0.321 e. The molecule has 0 spiro atoms. The molecule has 1 heterocycles. The van der Waals surface area contributed by atoms with Gasteiger partial charge in [0.05, 0.1) is 5.37 Å². The van der Waals surface area contributed by atoms with Gasteiger partial charge in [0, 0.05) is 11.7 Å². The molecule has 0 radical (unpaired) electrons. The lowest BCUT2D eigenvalue weighted by molar-refractivity contribution is -0.138. The van der Waals surface area contributed by atoms with Gasteiger partial charge in [-0.3, -0.25) is 10.1 Å². The topological polar surface area (TPSA) is 49.3 Å². The van der Waals surface area contributed by atoms with Crippen LogP contribution >= 0.6 is 11.8 Å². The number of nitrogens with one attached hydrogen (secondary N) is 1. The molecule has 3 atom stereocenters. The van der Waals surface area contributed by atoms with E-state index in [0.29, 0.717) is 17.6 Å². The Bertz CT molecular complexity index is 458. The first-order chi connectivity index (χ1) is 9.47. The van der Waals surface area contributed by atoms with Crippen molar-refractivity contribution in [3.8, 4) is 0 Å². The van der Waals surface area contributed by atoms with Crippen molar-refractivity contribution in [3.05, 3.63) is 35.4 Å². The number of hydrogen-bond acceptors (Lipinski definition) is 3. The third kappa shape index (κ3) is 3.76. The predicted octanol–water partition coefficient (Wildman–Crippen LogP) is 3.10. The first kappa shape index (κ1) is 15.4. The van der Waals surface area contributed by atoms with Crippen LogP contribution in [0.5, 0.6) is 0 Å². The van der Waals surface area contributed by atoms with Gasteiger partial charge in [0.15, 0.2) is 0 Å². The molecule has 1 saturated heterocycles. The summed E-state index contributed by atoms with van der Waals surface area (Å²) in [6, 6.07) is 8.34. The molecule has 2 N–H and O–H groups in total. The average molecular weight is 293 g/mol. The van der Waals surface area contributed by atoms with Crippen molar-refractivity contribution in [3.63, 3.8) is 0 Å². The van der Waals surface area contributed by atoms with Gasteiger partial charge < -0.3 is 5.11 Å². The molecular formula is C16H23NO2S. The van der Waals surface area contributed by atoms with Crippen molar-refractivity contribution in [1.29, 1.82) is 0 Å². The molecule has 2 rings (SSSR count). The van der Waals surface area contributed by atoms with Crippen LogP contribution in [-0.2, 0) is 11.2 Å². The first-order valence-corrected chi connectivity index (χ1v) is 8.21. The number of carboxylic acid groups (broad SMARTS) is 1. The van der Waals surface area contributed by atoms with Gasteiger partial charge in [0.1, 0.15) is 6.04 Å². The highest BCUT2D eigenvalue weighted by molar-refractivity contribution is 8.00. The van der Waals surface area contributed by atoms with Crippen LogP contribution in [0, 0.1) is 5.92 Å². The molecule has 0 aromatic heterocycles. The van der Waals surface area contributed by atoms with Crippen molar-refractivity contribution in [2.24, 2.45) is 5.92 Å². The van der Waals surface area contributed by atoms with E-state index < -0.39 is 12.0 Å². The maximum atomic E-state index is 11.0. The molecule has 0 amide bonds. The summed E-state index contributed by atoms with van der Waals surface area (Å²) in [6.07, 6.45) is 1.10. The summed E-state index contributed by atoms with van der Waals surface area (Å²) >= 11 is 1.70. The molecule has 1 aliphatic heterocycles. The fourth-order valence-electron chi connectivity index (χ4n) is 2.53. The maximum Gasteiger partial charge on any atom is 0.321 e. The van der Waals surface area contributed by atoms with Crippen molar-refractivity contribution in [1.82, 2.24) is 5.32 Å². The van der Waals surface area contributed by atoms with Gasteiger partial charge in [-0.2, -0.15) is 0 Å². The second kappa shape index (κ2) is 6.64. The molecule has 0 aliphatic carbocycles. The minimum Gasteiger partial charge on any atom is -0.480 e. The molecule has 1 aliphatic rings. The average Bonchev–Trinajstić information content (AvgIpc) is 2.88. The van der Waals surface area contributed by atoms with E-state index in [4.69, 9.17) is 5.11 Å². The second-order valence-electron chi connectivity index (χ2n) is 5.94. The summed E-state index contributed by atoms with van der Waals surface area (Å²) in [5.74, 6) is 0.883. The minimum atomic E-state index is -0.750. The Labute approximate surface area is 125 Å². The number of aliphatic carboxylic acids is 1. The van der Waals surface area contributed by atoms with Crippen molar-refractivity contribution < 1.29 is 9.90 Å². The van der Waals surface area contributed by atoms with E-state index in [-0.39, 0.29) is 5.37 Å². The molecule has 3 nitrogen and oxygen atoms in total. The third-order valence-corrected chi connectivity index (χ3v) is 5.14. The van der Waals surface area contributed by atoms with Crippen molar-refractivity contribution in [2.75, 3.05) is 5.75 Å². The highest BCUT2D eigenvalue weighted by atomic mass is 32.2. The van der Waals surface area contributed by atoms with Gasteiger partial charge in [-0.25, -0.2) is 0 Å². The molecular weight excluding hydrogens is 270 g/mol. The lowest BCUT2D eigenvalue weighted by Gasteiger charge is -2.20. The van der Waals surface area contributed by atoms with Crippen LogP contribution < -0.4 is 5.32 Å². The Kier molecular flexibility index (Phi) is 5.11. The Morgan fingerprint density at radius 1 is 1.35 bits per heavy atom. The van der Waals surface area contributed by atoms with E-state index in [2.05, 4.69) is 50.4 Å². The summed E-state index contributed by atoms with van der Waals surface area (Å²) in [5, 5.41) is 12.4. The zero-order valence-corrected chi connectivity index (χ0v) is 13.1. The second-order valence-corrected chi connectivity index (χ2v) is 7.11. The lowest BCUT2D eigenvalue weighted by atomic mass is 9.96. The molecule has 0 saturated carbocycles. The van der Waals surface area contributed by atoms with E-state index in [1.807, 2.05) is 0 Å². The largest absolute Gasteiger partial charge is 0.480 e. The Hall–Kier alpha value is -1.00. The quantitative estimate of drug-likeness (QED) is 0.876. The van der Waals surface area contributed by atoms with Crippen LogP contribution in [-0.4, -0.2) is 28.2 Å². The standard InChI is InChI=1S/C16H23NO2S/c1-10(2)8-12-4-6-13(7-5-12)11(3)15-17-14(9-20-15)16(18)19/h4-7,10-11,14-15,17H,8-9H2,1-3H3,(H,18,19)/t11-,14+,15?/m1/s1. The van der Waals surface area contributed by atoms with Gasteiger partial charge in [0.25, 0.3) is 0 Å². The zero-order chi connectivity index (χ0) is 14.7. The molecule has 20 heavy (non-hydrogen) atoms. The summed E-state index contributed by atoms with van der Waals surface area (Å²) in [6.45, 7) is 6.61. The van der Waals surface area contributed by atoms with E-state index in [1.165, 1.54) is 11.1 Å². The first-order valence-electron chi connectivity index (χ1n) is 7.16. The van der Waals surface area contributed by atoms with Crippen LogP contribution in [0.4, 0.5) is 0 Å². The van der Waals surface area contributed by atoms with Gasteiger partial charge >= 0.3 is 5.97 Å². The van der Waals surface area contributed by atoms with Crippen LogP contribution in [0.15, 0.2) is 24.3 Å². The molecule has 0 bridgehead atoms. The van der Waals surface area contributed by atoms with Crippen LogP contribution in [0.25, 0.3) is 0 Å². The Balaban J connectivity index is 1.99. The van der Waals surface area contributed by atoms with Gasteiger partial charge in [0.2, 0.25) is 0 Å². The van der Waals surface area contributed by atoms with Crippen molar-refractivity contribution >= 4 is 17.7 Å². The number of hydrogen-bond donors (Lipinski definition) is 2. The molecule has 4 heteroatoms. The normalized spacial score (nSPS) is 24.0.